The molecule has 1 aromatic rings. The smallest absolute Gasteiger partial charge is 0.124 e. The van der Waals surface area contributed by atoms with Crippen molar-refractivity contribution in [1.29, 1.82) is 0 Å². The van der Waals surface area contributed by atoms with Crippen molar-refractivity contribution >= 4 is 12.4 Å². The molecule has 1 fully saturated rings. The molecule has 0 amide bonds. The Morgan fingerprint density at radius 2 is 2.00 bits per heavy atom. The zero-order chi connectivity index (χ0) is 9.60. The number of fused-ring (bicyclic) bond motifs is 1. The maximum absolute atomic E-state index is 6.15. The van der Waals surface area contributed by atoms with Gasteiger partial charge in [0, 0.05) is 18.0 Å². The Morgan fingerprint density at radius 3 is 2.67 bits per heavy atom. The van der Waals surface area contributed by atoms with Gasteiger partial charge in [0.15, 0.2) is 0 Å². The van der Waals surface area contributed by atoms with Gasteiger partial charge < -0.3 is 10.5 Å². The van der Waals surface area contributed by atoms with Crippen LogP contribution in [0.5, 0.6) is 5.75 Å². The highest BCUT2D eigenvalue weighted by Crippen LogP contribution is 2.47. The highest BCUT2D eigenvalue weighted by molar-refractivity contribution is 5.85. The molecule has 1 aliphatic heterocycles. The Labute approximate surface area is 96.2 Å². The van der Waals surface area contributed by atoms with Crippen LogP contribution in [0.1, 0.15) is 37.3 Å². The van der Waals surface area contributed by atoms with Crippen LogP contribution in [0.15, 0.2) is 24.3 Å². The van der Waals surface area contributed by atoms with Crippen LogP contribution in [0, 0.1) is 0 Å². The monoisotopic (exact) mass is 225 g/mol. The van der Waals surface area contributed by atoms with Crippen LogP contribution in [0.4, 0.5) is 0 Å². The number of rotatable bonds is 0. The first-order chi connectivity index (χ1) is 6.79. The average molecular weight is 226 g/mol. The van der Waals surface area contributed by atoms with Gasteiger partial charge in [-0.05, 0) is 25.3 Å². The minimum absolute atomic E-state index is 0. The van der Waals surface area contributed by atoms with E-state index in [4.69, 9.17) is 10.5 Å². The SMILES string of the molecule is Cl.NC1CC2(CCC2)Oc2ccccc21. The Hall–Kier alpha value is -0.730. The zero-order valence-corrected chi connectivity index (χ0v) is 9.43. The molecule has 1 heterocycles. The minimum Gasteiger partial charge on any atom is -0.487 e. The summed E-state index contributed by atoms with van der Waals surface area (Å²) < 4.78 is 6.05. The van der Waals surface area contributed by atoms with Crippen LogP contribution in [0.2, 0.25) is 0 Å². The first-order valence-electron chi connectivity index (χ1n) is 5.33. The van der Waals surface area contributed by atoms with E-state index in [0.29, 0.717) is 0 Å². The Kier molecular flexibility index (Phi) is 2.65. The molecule has 1 aliphatic carbocycles. The summed E-state index contributed by atoms with van der Waals surface area (Å²) in [5.41, 5.74) is 7.41. The maximum Gasteiger partial charge on any atom is 0.124 e. The van der Waals surface area contributed by atoms with Crippen LogP contribution in [-0.4, -0.2) is 5.60 Å². The topological polar surface area (TPSA) is 35.2 Å². The third-order valence-electron chi connectivity index (χ3n) is 3.50. The first-order valence-corrected chi connectivity index (χ1v) is 5.33. The van der Waals surface area contributed by atoms with Crippen molar-refractivity contribution in [1.82, 2.24) is 0 Å². The molecule has 0 aromatic heterocycles. The molecule has 0 radical (unpaired) electrons. The number of hydrogen-bond donors (Lipinski definition) is 1. The molecule has 3 heteroatoms. The van der Waals surface area contributed by atoms with Crippen molar-refractivity contribution in [2.45, 2.75) is 37.3 Å². The number of halogens is 1. The molecule has 2 nitrogen and oxygen atoms in total. The van der Waals surface area contributed by atoms with Crippen molar-refractivity contribution in [3.05, 3.63) is 29.8 Å². The molecule has 1 unspecified atom stereocenters. The van der Waals surface area contributed by atoms with Crippen molar-refractivity contribution in [2.24, 2.45) is 5.73 Å². The number of para-hydroxylation sites is 1. The lowest BCUT2D eigenvalue weighted by molar-refractivity contribution is -0.0329. The lowest BCUT2D eigenvalue weighted by Gasteiger charge is -2.47. The van der Waals surface area contributed by atoms with E-state index in [2.05, 4.69) is 6.07 Å². The van der Waals surface area contributed by atoms with Crippen molar-refractivity contribution in [3.63, 3.8) is 0 Å². The van der Waals surface area contributed by atoms with E-state index in [1.807, 2.05) is 18.2 Å². The van der Waals surface area contributed by atoms with Gasteiger partial charge in [0.1, 0.15) is 11.4 Å². The minimum atomic E-state index is 0. The molecule has 2 aliphatic rings. The largest absolute Gasteiger partial charge is 0.487 e. The summed E-state index contributed by atoms with van der Waals surface area (Å²) in [6, 6.07) is 8.32. The number of benzene rings is 1. The molecular weight excluding hydrogens is 210 g/mol. The predicted octanol–water partition coefficient (Wildman–Crippen LogP) is 2.81. The van der Waals surface area contributed by atoms with Crippen LogP contribution in [0.25, 0.3) is 0 Å². The van der Waals surface area contributed by atoms with Gasteiger partial charge in [-0.25, -0.2) is 0 Å². The molecule has 1 saturated carbocycles. The fraction of sp³-hybridized carbons (Fsp3) is 0.500. The normalized spacial score (nSPS) is 25.8. The molecule has 1 atom stereocenters. The number of nitrogens with two attached hydrogens (primary N) is 1. The van der Waals surface area contributed by atoms with E-state index in [1.165, 1.54) is 24.8 Å². The third-order valence-corrected chi connectivity index (χ3v) is 3.50. The van der Waals surface area contributed by atoms with Gasteiger partial charge in [0.2, 0.25) is 0 Å². The van der Waals surface area contributed by atoms with Gasteiger partial charge in [0.25, 0.3) is 0 Å². The summed E-state index contributed by atoms with van der Waals surface area (Å²) >= 11 is 0. The summed E-state index contributed by atoms with van der Waals surface area (Å²) in [6.07, 6.45) is 4.63. The van der Waals surface area contributed by atoms with Crippen LogP contribution >= 0.6 is 12.4 Å². The molecule has 3 rings (SSSR count). The van der Waals surface area contributed by atoms with Gasteiger partial charge in [-0.3, -0.25) is 0 Å². The quantitative estimate of drug-likeness (QED) is 0.737. The molecule has 82 valence electrons. The Bertz CT molecular complexity index is 362. The van der Waals surface area contributed by atoms with E-state index in [1.54, 1.807) is 0 Å². The summed E-state index contributed by atoms with van der Waals surface area (Å²) in [4.78, 5) is 0. The van der Waals surface area contributed by atoms with Gasteiger partial charge in [-0.15, -0.1) is 12.4 Å². The maximum atomic E-state index is 6.15. The van der Waals surface area contributed by atoms with E-state index < -0.39 is 0 Å². The van der Waals surface area contributed by atoms with Gasteiger partial charge in [-0.2, -0.15) is 0 Å². The lowest BCUT2D eigenvalue weighted by Crippen LogP contribution is -2.48. The second-order valence-electron chi connectivity index (χ2n) is 4.49. The highest BCUT2D eigenvalue weighted by Gasteiger charge is 2.44. The molecular formula is C12H16ClNO. The summed E-state index contributed by atoms with van der Waals surface area (Å²) in [5.74, 6) is 1.01. The zero-order valence-electron chi connectivity index (χ0n) is 8.61. The average Bonchev–Trinajstić information content (AvgIpc) is 2.15. The third kappa shape index (κ3) is 1.62. The van der Waals surface area contributed by atoms with E-state index in [-0.39, 0.29) is 24.0 Å². The van der Waals surface area contributed by atoms with Crippen LogP contribution < -0.4 is 10.5 Å². The second-order valence-corrected chi connectivity index (χ2v) is 4.49. The van der Waals surface area contributed by atoms with Crippen molar-refractivity contribution in [3.8, 4) is 5.75 Å². The van der Waals surface area contributed by atoms with Crippen LogP contribution in [0.3, 0.4) is 0 Å². The van der Waals surface area contributed by atoms with Crippen molar-refractivity contribution < 1.29 is 4.74 Å². The summed E-state index contributed by atoms with van der Waals surface area (Å²) in [6.45, 7) is 0. The second kappa shape index (κ2) is 3.69. The fourth-order valence-electron chi connectivity index (χ4n) is 2.54. The van der Waals surface area contributed by atoms with Crippen molar-refractivity contribution in [2.75, 3.05) is 0 Å². The lowest BCUT2D eigenvalue weighted by atomic mass is 9.73. The highest BCUT2D eigenvalue weighted by atomic mass is 35.5. The molecule has 0 bridgehead atoms. The molecule has 0 saturated heterocycles. The summed E-state index contributed by atoms with van der Waals surface area (Å²) in [7, 11) is 0. The van der Waals surface area contributed by atoms with Gasteiger partial charge in [0.05, 0.1) is 0 Å². The Morgan fingerprint density at radius 1 is 1.27 bits per heavy atom. The predicted molar refractivity (Wildman–Crippen MR) is 62.4 cm³/mol. The number of ether oxygens (including phenoxy) is 1. The van der Waals surface area contributed by atoms with E-state index in [0.717, 1.165) is 12.2 Å². The van der Waals surface area contributed by atoms with E-state index >= 15 is 0 Å². The molecule has 1 spiro atoms. The van der Waals surface area contributed by atoms with Gasteiger partial charge in [-0.1, -0.05) is 18.2 Å². The van der Waals surface area contributed by atoms with Crippen LogP contribution in [-0.2, 0) is 0 Å². The standard InChI is InChI=1S/C12H15NO.ClH/c13-10-8-12(6-3-7-12)14-11-5-2-1-4-9(10)11;/h1-2,4-5,10H,3,6-8,13H2;1H. The fourth-order valence-corrected chi connectivity index (χ4v) is 2.54. The Balaban J connectivity index is 0.000000853. The van der Waals surface area contributed by atoms with Gasteiger partial charge >= 0.3 is 0 Å². The summed E-state index contributed by atoms with van der Waals surface area (Å²) in [5, 5.41) is 0. The molecule has 1 aromatic carbocycles. The molecule has 15 heavy (non-hydrogen) atoms. The van der Waals surface area contributed by atoms with E-state index in [9.17, 15) is 0 Å². The first kappa shape index (κ1) is 10.8. The number of hydrogen-bond acceptors (Lipinski definition) is 2. The molecule has 2 N–H and O–H groups in total.